The number of esters is 1. The number of carbonyl (C=O) groups excluding carboxylic acids is 5. The van der Waals surface area contributed by atoms with Crippen molar-refractivity contribution in [1.29, 1.82) is 0 Å². The number of cyclic esters (lactones) is 1. The molecule has 3 aliphatic heterocycles. The summed E-state index contributed by atoms with van der Waals surface area (Å²) in [5.74, 6) is -7.63. The SMILES string of the molecule is CCC1/C=C(\C)CC(C)CC(OC)C2OC(O)(C(=O)C(=O)N3CCCCC3C(=O)OC(C(C)=CC3CCC(OCC(N)=O)C(OC)C3)C(C)C(O[Si](C)(C)C(C)(C)C)CC1=O)C(C)CC2OC. The van der Waals surface area contributed by atoms with Crippen LogP contribution in [0.25, 0.3) is 0 Å². The standard InChI is InChI=1S/C51H86N2O13Si/c1-15-36-23-30(2)22-31(3)24-42(61-11)46-43(62-12)26-33(5)51(59,65-46)47(56)48(57)53-21-17-16-18-37(53)49(58)64-45(34(6)40(28-38(36)54)66-67(13,14)50(7,8)9)32(4)25-35-19-20-39(41(27-35)60-10)63-29-44(52)55/h23,25,31,33-37,39-43,45-46,59H,15-22,24,26-29H2,1-14H3,(H2,52,55)/b30-23+,32-25?. The summed E-state index contributed by atoms with van der Waals surface area (Å²) in [5, 5.41) is 12.0. The van der Waals surface area contributed by atoms with Gasteiger partial charge in [-0.1, -0.05) is 66.2 Å². The molecule has 16 heteroatoms. The largest absolute Gasteiger partial charge is 0.456 e. The van der Waals surface area contributed by atoms with Gasteiger partial charge in [-0.15, -0.1) is 0 Å². The highest BCUT2D eigenvalue weighted by atomic mass is 28.4. The van der Waals surface area contributed by atoms with Crippen molar-refractivity contribution >= 4 is 37.7 Å². The van der Waals surface area contributed by atoms with Gasteiger partial charge in [-0.3, -0.25) is 19.2 Å². The van der Waals surface area contributed by atoms with Crippen LogP contribution in [0.15, 0.2) is 23.3 Å². The number of Topliss-reactive ketones (excluding diaryl/α,β-unsaturated/α-hetero) is 2. The highest BCUT2D eigenvalue weighted by molar-refractivity contribution is 6.74. The first kappa shape index (κ1) is 56.8. The fraction of sp³-hybridized carbons (Fsp3) is 0.824. The third kappa shape index (κ3) is 14.2. The molecule has 0 aromatic carbocycles. The van der Waals surface area contributed by atoms with Crippen LogP contribution in [0.1, 0.15) is 133 Å². The van der Waals surface area contributed by atoms with E-state index in [0.29, 0.717) is 51.4 Å². The molecule has 0 aromatic heterocycles. The Morgan fingerprint density at radius 2 is 1.57 bits per heavy atom. The van der Waals surface area contributed by atoms with Crippen molar-refractivity contribution < 1.29 is 61.9 Å². The molecule has 3 heterocycles. The third-order valence-corrected chi connectivity index (χ3v) is 20.0. The van der Waals surface area contributed by atoms with E-state index in [-0.39, 0.29) is 67.3 Å². The summed E-state index contributed by atoms with van der Waals surface area (Å²) in [4.78, 5) is 71.4. The van der Waals surface area contributed by atoms with Crippen LogP contribution in [-0.2, 0) is 56.8 Å². The van der Waals surface area contributed by atoms with Gasteiger partial charge in [0, 0.05) is 52.0 Å². The zero-order valence-corrected chi connectivity index (χ0v) is 44.2. The Morgan fingerprint density at radius 1 is 0.925 bits per heavy atom. The fourth-order valence-electron chi connectivity index (χ4n) is 10.4. The predicted octanol–water partition coefficient (Wildman–Crippen LogP) is 7.01. The zero-order chi connectivity index (χ0) is 50.2. The van der Waals surface area contributed by atoms with Gasteiger partial charge in [-0.05, 0) is 114 Å². The average molecular weight is 963 g/mol. The van der Waals surface area contributed by atoms with Crippen LogP contribution in [0.5, 0.6) is 0 Å². The number of aliphatic hydroxyl groups is 1. The van der Waals surface area contributed by atoms with Gasteiger partial charge >= 0.3 is 5.97 Å². The number of methoxy groups -OCH3 is 3. The molecule has 382 valence electrons. The summed E-state index contributed by atoms with van der Waals surface area (Å²) in [6.45, 7) is 22.3. The second kappa shape index (κ2) is 24.3. The molecule has 1 saturated carbocycles. The van der Waals surface area contributed by atoms with Gasteiger partial charge < -0.3 is 48.6 Å². The van der Waals surface area contributed by atoms with Crippen LogP contribution in [0, 0.1) is 29.6 Å². The van der Waals surface area contributed by atoms with E-state index >= 15 is 0 Å². The third-order valence-electron chi connectivity index (χ3n) is 15.5. The van der Waals surface area contributed by atoms with Crippen LogP contribution in [0.3, 0.4) is 0 Å². The van der Waals surface area contributed by atoms with Gasteiger partial charge in [0.2, 0.25) is 11.7 Å². The normalized spacial score (nSPS) is 37.2. The van der Waals surface area contributed by atoms with E-state index in [4.69, 9.17) is 38.6 Å². The Labute approximate surface area is 402 Å². The van der Waals surface area contributed by atoms with Gasteiger partial charge in [0.25, 0.3) is 11.7 Å². The number of hydrogen-bond donors (Lipinski definition) is 2. The summed E-state index contributed by atoms with van der Waals surface area (Å²) in [6.07, 6.45) is 5.20. The quantitative estimate of drug-likeness (QED) is 0.0929. The lowest BCUT2D eigenvalue weighted by molar-refractivity contribution is -0.302. The lowest BCUT2D eigenvalue weighted by atomic mass is 9.81. The van der Waals surface area contributed by atoms with E-state index in [9.17, 15) is 29.1 Å². The summed E-state index contributed by atoms with van der Waals surface area (Å²) in [7, 11) is 2.15. The van der Waals surface area contributed by atoms with Gasteiger partial charge in [0.1, 0.15) is 30.6 Å². The van der Waals surface area contributed by atoms with E-state index in [0.717, 1.165) is 11.1 Å². The lowest BCUT2D eigenvalue weighted by Crippen LogP contribution is -2.64. The summed E-state index contributed by atoms with van der Waals surface area (Å²) in [5.41, 5.74) is 7.17. The minimum atomic E-state index is -2.55. The number of hydrogen-bond acceptors (Lipinski definition) is 13. The molecular weight excluding hydrogens is 877 g/mol. The first-order chi connectivity index (χ1) is 31.3. The van der Waals surface area contributed by atoms with Gasteiger partial charge in [-0.25, -0.2) is 4.79 Å². The molecule has 3 fully saturated rings. The first-order valence-electron chi connectivity index (χ1n) is 24.8. The topological polar surface area (TPSA) is 199 Å². The Kier molecular flexibility index (Phi) is 20.6. The van der Waals surface area contributed by atoms with Crippen molar-refractivity contribution in [2.75, 3.05) is 34.5 Å². The molecule has 4 rings (SSSR count). The Balaban J connectivity index is 1.87. The number of ketones is 2. The molecule has 67 heavy (non-hydrogen) atoms. The molecule has 14 unspecified atom stereocenters. The number of fused-ring (bicyclic) bond motifs is 3. The molecule has 4 aliphatic rings. The van der Waals surface area contributed by atoms with E-state index < -0.39 is 92.0 Å². The number of ether oxygens (including phenoxy) is 6. The minimum Gasteiger partial charge on any atom is -0.456 e. The molecule has 2 saturated heterocycles. The van der Waals surface area contributed by atoms with Gasteiger partial charge in [0.15, 0.2) is 8.32 Å². The Hall–Kier alpha value is -2.83. The number of rotatable bonds is 11. The molecule has 0 radical (unpaired) electrons. The highest BCUT2D eigenvalue weighted by Crippen LogP contribution is 2.42. The number of carbonyl (C=O) groups is 5. The number of allylic oxidation sites excluding steroid dienone is 3. The molecule has 2 amide bonds. The number of amides is 2. The Morgan fingerprint density at radius 3 is 2.16 bits per heavy atom. The van der Waals surface area contributed by atoms with Crippen molar-refractivity contribution in [3.05, 3.63) is 23.3 Å². The second-order valence-corrected chi connectivity index (χ2v) is 26.5. The highest BCUT2D eigenvalue weighted by Gasteiger charge is 2.57. The van der Waals surface area contributed by atoms with Gasteiger partial charge in [-0.2, -0.15) is 0 Å². The van der Waals surface area contributed by atoms with Crippen LogP contribution >= 0.6 is 0 Å². The molecule has 0 spiro atoms. The second-order valence-electron chi connectivity index (χ2n) is 21.8. The van der Waals surface area contributed by atoms with Crippen LogP contribution < -0.4 is 5.73 Å². The predicted molar refractivity (Wildman–Crippen MR) is 257 cm³/mol. The molecule has 1 aliphatic carbocycles. The van der Waals surface area contributed by atoms with Crippen molar-refractivity contribution in [3.63, 3.8) is 0 Å². The summed E-state index contributed by atoms with van der Waals surface area (Å²) in [6, 6.07) is -1.13. The summed E-state index contributed by atoms with van der Waals surface area (Å²) < 4.78 is 43.7. The average Bonchev–Trinajstić information content (AvgIpc) is 3.27. The van der Waals surface area contributed by atoms with Crippen LogP contribution in [0.4, 0.5) is 0 Å². The van der Waals surface area contributed by atoms with Crippen molar-refractivity contribution in [1.82, 2.24) is 4.90 Å². The smallest absolute Gasteiger partial charge is 0.329 e. The van der Waals surface area contributed by atoms with Crippen molar-refractivity contribution in [2.24, 2.45) is 35.3 Å². The number of nitrogens with zero attached hydrogens (tertiary/aromatic N) is 1. The Bertz CT molecular complexity index is 1780. The fourth-order valence-corrected chi connectivity index (χ4v) is 11.9. The maximum Gasteiger partial charge on any atom is 0.329 e. The number of primary amides is 1. The van der Waals surface area contributed by atoms with E-state index in [2.05, 4.69) is 52.9 Å². The molecule has 3 N–H and O–H groups in total. The monoisotopic (exact) mass is 963 g/mol. The van der Waals surface area contributed by atoms with E-state index in [1.807, 2.05) is 27.7 Å². The number of nitrogens with two attached hydrogens (primary N) is 1. The molecule has 15 nitrogen and oxygen atoms in total. The lowest BCUT2D eigenvalue weighted by Gasteiger charge is -2.47. The number of piperidine rings is 1. The molecule has 14 atom stereocenters. The molecule has 0 aromatic rings. The van der Waals surface area contributed by atoms with Crippen molar-refractivity contribution in [3.8, 4) is 0 Å². The first-order valence-corrected chi connectivity index (χ1v) is 27.7. The zero-order valence-electron chi connectivity index (χ0n) is 43.2. The molecule has 2 bridgehead atoms. The maximum atomic E-state index is 14.9. The van der Waals surface area contributed by atoms with Crippen LogP contribution in [-0.4, -0.2) is 137 Å². The van der Waals surface area contributed by atoms with E-state index in [1.165, 1.54) is 4.90 Å². The molecular formula is C51H86N2O13Si. The minimum absolute atomic E-state index is 0.0152. The van der Waals surface area contributed by atoms with Gasteiger partial charge in [0.05, 0.1) is 30.5 Å². The van der Waals surface area contributed by atoms with E-state index in [1.54, 1.807) is 28.3 Å². The van der Waals surface area contributed by atoms with Crippen molar-refractivity contribution in [2.45, 2.75) is 206 Å². The summed E-state index contributed by atoms with van der Waals surface area (Å²) >= 11 is 0. The maximum absolute atomic E-state index is 14.9. The van der Waals surface area contributed by atoms with Crippen LogP contribution in [0.2, 0.25) is 18.1 Å².